The van der Waals surface area contributed by atoms with Gasteiger partial charge in [0.25, 0.3) is 5.91 Å². The fourth-order valence-electron chi connectivity index (χ4n) is 4.76. The van der Waals surface area contributed by atoms with Crippen molar-refractivity contribution in [1.29, 1.82) is 0 Å². The van der Waals surface area contributed by atoms with Crippen molar-refractivity contribution in [2.24, 2.45) is 0 Å². The topological polar surface area (TPSA) is 138 Å². The van der Waals surface area contributed by atoms with E-state index in [1.807, 2.05) is 18.2 Å². The van der Waals surface area contributed by atoms with Gasteiger partial charge in [-0.1, -0.05) is 6.07 Å². The van der Waals surface area contributed by atoms with Crippen LogP contribution in [-0.4, -0.2) is 82.2 Å². The average Bonchev–Trinajstić information content (AvgIpc) is 3.05. The minimum Gasteiger partial charge on any atom is -0.378 e. The number of urea groups is 1. The van der Waals surface area contributed by atoms with Gasteiger partial charge in [-0.2, -0.15) is 0 Å². The smallest absolute Gasteiger partial charge is 0.324 e. The molecule has 2 aromatic carbocycles. The van der Waals surface area contributed by atoms with Gasteiger partial charge < -0.3 is 19.9 Å². The number of rotatable bonds is 6. The third kappa shape index (κ3) is 6.13. The third-order valence-corrected chi connectivity index (χ3v) is 7.02. The van der Waals surface area contributed by atoms with Crippen LogP contribution in [0.3, 0.4) is 0 Å². The molecule has 6 rings (SSSR count). The molecule has 0 aliphatic carbocycles. The summed E-state index contributed by atoms with van der Waals surface area (Å²) in [6.45, 7) is 2.61. The maximum Gasteiger partial charge on any atom is 0.324 e. The summed E-state index contributed by atoms with van der Waals surface area (Å²) in [5.74, 6) is 0.433. The zero-order valence-corrected chi connectivity index (χ0v) is 24.0. The molecule has 12 nitrogen and oxygen atoms in total. The number of amides is 3. The highest BCUT2D eigenvalue weighted by Crippen LogP contribution is 2.31. The number of carbonyl (C=O) groups excluding carboxylic acids is 2. The molecule has 4 heterocycles. The van der Waals surface area contributed by atoms with Gasteiger partial charge in [-0.25, -0.2) is 34.1 Å². The van der Waals surface area contributed by atoms with E-state index in [0.29, 0.717) is 37.7 Å². The lowest BCUT2D eigenvalue weighted by molar-refractivity contribution is 0.0827. The normalized spacial score (nSPS) is 13.0. The number of nitrogens with zero attached hydrogens (tertiary/aromatic N) is 7. The molecule has 0 unspecified atom stereocenters. The molecule has 0 spiro atoms. The van der Waals surface area contributed by atoms with E-state index in [-0.39, 0.29) is 23.0 Å². The molecule has 1 aliphatic rings. The molecule has 3 aromatic heterocycles. The molecule has 0 saturated carbocycles. The van der Waals surface area contributed by atoms with Gasteiger partial charge in [-0.05, 0) is 48.0 Å². The molecule has 1 saturated heterocycles. The Morgan fingerprint density at radius 1 is 0.886 bits per heavy atom. The van der Waals surface area contributed by atoms with Crippen LogP contribution in [0.25, 0.3) is 33.4 Å². The molecule has 44 heavy (non-hydrogen) atoms. The molecule has 0 radical (unpaired) electrons. The number of benzene rings is 2. The number of nitrogens with one attached hydrogen (secondary N) is 2. The van der Waals surface area contributed by atoms with Crippen molar-refractivity contribution in [1.82, 2.24) is 29.8 Å². The second kappa shape index (κ2) is 12.4. The molecule has 13 heteroatoms. The molecule has 0 bridgehead atoms. The summed E-state index contributed by atoms with van der Waals surface area (Å²) < 4.78 is 20.1. The van der Waals surface area contributed by atoms with Crippen molar-refractivity contribution in [2.45, 2.75) is 0 Å². The molecule has 5 aromatic rings. The Balaban J connectivity index is 1.24. The summed E-state index contributed by atoms with van der Waals surface area (Å²) in [4.78, 5) is 50.5. The molecule has 0 atom stereocenters. The summed E-state index contributed by atoms with van der Waals surface area (Å²) in [6, 6.07) is 12.5. The van der Waals surface area contributed by atoms with E-state index in [1.165, 1.54) is 23.4 Å². The quantitative estimate of drug-likeness (QED) is 0.292. The zero-order valence-electron chi connectivity index (χ0n) is 24.0. The lowest BCUT2D eigenvalue weighted by atomic mass is 10.1. The van der Waals surface area contributed by atoms with E-state index < -0.39 is 11.8 Å². The van der Waals surface area contributed by atoms with Gasteiger partial charge in [0.05, 0.1) is 24.4 Å². The first-order valence-electron chi connectivity index (χ1n) is 13.8. The lowest BCUT2D eigenvalue weighted by Gasteiger charge is -2.29. The summed E-state index contributed by atoms with van der Waals surface area (Å²) in [5, 5.41) is 5.94. The number of anilines is 3. The number of hydrogen-bond acceptors (Lipinski definition) is 9. The number of aromatic nitrogens is 5. The van der Waals surface area contributed by atoms with Crippen LogP contribution in [0.4, 0.5) is 26.5 Å². The van der Waals surface area contributed by atoms with Crippen LogP contribution in [0.5, 0.6) is 0 Å². The van der Waals surface area contributed by atoms with E-state index >= 15 is 0 Å². The Labute approximate surface area is 252 Å². The van der Waals surface area contributed by atoms with E-state index in [9.17, 15) is 14.0 Å². The third-order valence-electron chi connectivity index (χ3n) is 7.02. The second-order valence-corrected chi connectivity index (χ2v) is 10.2. The Morgan fingerprint density at radius 2 is 1.66 bits per heavy atom. The first-order valence-corrected chi connectivity index (χ1v) is 13.8. The fourth-order valence-corrected chi connectivity index (χ4v) is 4.76. The number of fused-ring (bicyclic) bond motifs is 1. The lowest BCUT2D eigenvalue weighted by Crippen LogP contribution is -2.37. The highest BCUT2D eigenvalue weighted by Gasteiger charge is 2.19. The zero-order chi connectivity index (χ0) is 30.6. The summed E-state index contributed by atoms with van der Waals surface area (Å²) in [7, 11) is 3.15. The molecule has 3 amide bonds. The molecule has 222 valence electrons. The number of carbonyl (C=O) groups is 2. The Morgan fingerprint density at radius 3 is 2.36 bits per heavy atom. The summed E-state index contributed by atoms with van der Waals surface area (Å²) in [5.41, 5.74) is 3.29. The average molecular weight is 594 g/mol. The fraction of sp³-hybridized carbons (Fsp3) is 0.194. The van der Waals surface area contributed by atoms with Gasteiger partial charge in [-0.15, -0.1) is 0 Å². The number of morpholine rings is 1. The van der Waals surface area contributed by atoms with Crippen LogP contribution >= 0.6 is 0 Å². The number of hydrogen-bond donors (Lipinski definition) is 2. The summed E-state index contributed by atoms with van der Waals surface area (Å²) in [6.07, 6.45) is 6.56. The van der Waals surface area contributed by atoms with Crippen molar-refractivity contribution in [3.05, 3.63) is 84.8 Å². The number of pyridine rings is 1. The van der Waals surface area contributed by atoms with Crippen LogP contribution in [-0.2, 0) is 4.74 Å². The SMILES string of the molecule is CN(C)C(=O)c1ccc(NC(=O)Nc2ccc(-c3nc(N4CCOCC4)c4ccc(-c5cncnc5)cc4n3)cn2)c(F)c1. The van der Waals surface area contributed by atoms with Crippen LogP contribution in [0.1, 0.15) is 10.4 Å². The van der Waals surface area contributed by atoms with Crippen LogP contribution < -0.4 is 15.5 Å². The molecule has 2 N–H and O–H groups in total. The highest BCUT2D eigenvalue weighted by molar-refractivity contribution is 6.00. The van der Waals surface area contributed by atoms with E-state index in [0.717, 1.165) is 33.9 Å². The van der Waals surface area contributed by atoms with Crippen LogP contribution in [0.15, 0.2) is 73.4 Å². The number of ether oxygens (including phenoxy) is 1. The van der Waals surface area contributed by atoms with Crippen molar-refractivity contribution < 1.29 is 18.7 Å². The second-order valence-electron chi connectivity index (χ2n) is 10.2. The van der Waals surface area contributed by atoms with Crippen molar-refractivity contribution in [3.63, 3.8) is 0 Å². The van der Waals surface area contributed by atoms with E-state index in [1.54, 1.807) is 44.8 Å². The van der Waals surface area contributed by atoms with E-state index in [4.69, 9.17) is 14.7 Å². The van der Waals surface area contributed by atoms with Gasteiger partial charge in [-0.3, -0.25) is 10.1 Å². The first kappa shape index (κ1) is 28.6. The van der Waals surface area contributed by atoms with Gasteiger partial charge in [0, 0.05) is 67.9 Å². The predicted octanol–water partition coefficient (Wildman–Crippen LogP) is 4.47. The minimum absolute atomic E-state index is 0.0731. The standard InChI is InChI=1S/C31H28FN9O3/c1-40(2)30(42)20-4-7-25(24(32)13-20)37-31(43)38-27-8-5-21(17-35-27)28-36-26-14-19(22-15-33-18-34-16-22)3-6-23(26)29(39-28)41-9-11-44-12-10-41/h3-8,13-18H,9-12H2,1-2H3,(H2,35,37,38,43). The molecular formula is C31H28FN9O3. The minimum atomic E-state index is -0.733. The van der Waals surface area contributed by atoms with Gasteiger partial charge in [0.2, 0.25) is 0 Å². The molecule has 1 aliphatic heterocycles. The van der Waals surface area contributed by atoms with Gasteiger partial charge >= 0.3 is 6.03 Å². The van der Waals surface area contributed by atoms with Gasteiger partial charge in [0.1, 0.15) is 23.8 Å². The van der Waals surface area contributed by atoms with E-state index in [2.05, 4.69) is 30.5 Å². The Hall–Kier alpha value is -5.56. The first-order chi connectivity index (χ1) is 21.4. The molecule has 1 fully saturated rings. The maximum absolute atomic E-state index is 14.6. The Kier molecular flexibility index (Phi) is 8.02. The highest BCUT2D eigenvalue weighted by atomic mass is 19.1. The van der Waals surface area contributed by atoms with Crippen molar-refractivity contribution >= 4 is 40.2 Å². The summed E-state index contributed by atoms with van der Waals surface area (Å²) >= 11 is 0. The monoisotopic (exact) mass is 593 g/mol. The predicted molar refractivity (Wildman–Crippen MR) is 164 cm³/mol. The Bertz CT molecular complexity index is 1830. The van der Waals surface area contributed by atoms with Crippen LogP contribution in [0.2, 0.25) is 0 Å². The number of halogens is 1. The largest absolute Gasteiger partial charge is 0.378 e. The van der Waals surface area contributed by atoms with Crippen molar-refractivity contribution in [3.8, 4) is 22.5 Å². The van der Waals surface area contributed by atoms with Crippen molar-refractivity contribution in [2.75, 3.05) is 55.9 Å². The molecular weight excluding hydrogens is 565 g/mol. The maximum atomic E-state index is 14.6. The van der Waals surface area contributed by atoms with Gasteiger partial charge in [0.15, 0.2) is 5.82 Å². The van der Waals surface area contributed by atoms with Crippen LogP contribution in [0, 0.1) is 5.82 Å².